The van der Waals surface area contributed by atoms with E-state index in [1.807, 2.05) is 6.08 Å². The van der Waals surface area contributed by atoms with Crippen LogP contribution in [0.4, 0.5) is 0 Å². The van der Waals surface area contributed by atoms with Gasteiger partial charge in [0, 0.05) is 12.8 Å². The summed E-state index contributed by atoms with van der Waals surface area (Å²) in [4.78, 5) is 24.5. The second-order valence-corrected chi connectivity index (χ2v) is 21.4. The lowest BCUT2D eigenvalue weighted by molar-refractivity contribution is -0.143. The third-order valence-electron chi connectivity index (χ3n) is 14.6. The van der Waals surface area contributed by atoms with E-state index in [0.717, 1.165) is 38.5 Å². The van der Waals surface area contributed by atoms with E-state index < -0.39 is 12.1 Å². The number of allylic oxidation sites excluding steroid dienone is 1. The molecule has 6 nitrogen and oxygen atoms in total. The van der Waals surface area contributed by atoms with Gasteiger partial charge in [-0.2, -0.15) is 0 Å². The van der Waals surface area contributed by atoms with Crippen LogP contribution >= 0.6 is 0 Å². The quantitative estimate of drug-likeness (QED) is 0.0321. The Hall–Kier alpha value is -1.40. The normalized spacial score (nSPS) is 12.6. The topological polar surface area (TPSA) is 95.9 Å². The van der Waals surface area contributed by atoms with Crippen molar-refractivity contribution < 1.29 is 24.5 Å². The number of unbranched alkanes of at least 4 members (excludes halogenated alkanes) is 47. The Balaban J connectivity index is 3.34. The first-order chi connectivity index (χ1) is 33.5. The van der Waals surface area contributed by atoms with E-state index >= 15 is 0 Å². The summed E-state index contributed by atoms with van der Waals surface area (Å²) in [6.45, 7) is 4.92. The number of esters is 1. The Morgan fingerprint density at radius 3 is 1.00 bits per heavy atom. The number of hydrogen-bond donors (Lipinski definition) is 3. The van der Waals surface area contributed by atoms with E-state index in [1.165, 1.54) is 283 Å². The van der Waals surface area contributed by atoms with E-state index in [1.54, 1.807) is 6.08 Å². The Morgan fingerprint density at radius 2 is 0.676 bits per heavy atom. The summed E-state index contributed by atoms with van der Waals surface area (Å²) < 4.78 is 5.50. The molecule has 0 aromatic heterocycles. The van der Waals surface area contributed by atoms with E-state index in [-0.39, 0.29) is 18.5 Å². The minimum Gasteiger partial charge on any atom is -0.466 e. The zero-order valence-electron chi connectivity index (χ0n) is 46.1. The average molecular weight is 961 g/mol. The number of rotatable bonds is 58. The van der Waals surface area contributed by atoms with Crippen molar-refractivity contribution in [3.63, 3.8) is 0 Å². The molecule has 68 heavy (non-hydrogen) atoms. The molecule has 0 aliphatic rings. The zero-order chi connectivity index (χ0) is 49.3. The minimum atomic E-state index is -0.842. The van der Waals surface area contributed by atoms with Gasteiger partial charge in [-0.15, -0.1) is 0 Å². The smallest absolute Gasteiger partial charge is 0.305 e. The number of aliphatic hydroxyl groups excluding tert-OH is 2. The summed E-state index contributed by atoms with van der Waals surface area (Å²) >= 11 is 0. The van der Waals surface area contributed by atoms with Gasteiger partial charge in [-0.3, -0.25) is 9.59 Å². The molecule has 0 aliphatic heterocycles. The van der Waals surface area contributed by atoms with Crippen molar-refractivity contribution in [2.45, 2.75) is 360 Å². The number of carbonyl (C=O) groups excluding carboxylic acids is 2. The number of ether oxygens (including phenoxy) is 1. The summed E-state index contributed by atoms with van der Waals surface area (Å²) in [6, 6.07) is -0.626. The first-order valence-electron chi connectivity index (χ1n) is 31.0. The predicted molar refractivity (Wildman–Crippen MR) is 297 cm³/mol. The molecule has 1 amide bonds. The molecule has 6 heteroatoms. The second kappa shape index (κ2) is 58.2. The third-order valence-corrected chi connectivity index (χ3v) is 14.6. The Bertz CT molecular complexity index is 1020. The fourth-order valence-electron chi connectivity index (χ4n) is 9.81. The number of hydrogen-bond acceptors (Lipinski definition) is 5. The van der Waals surface area contributed by atoms with Crippen LogP contribution in [-0.2, 0) is 14.3 Å². The summed E-state index contributed by atoms with van der Waals surface area (Å²) in [6.07, 6.45) is 69.7. The molecule has 2 atom stereocenters. The summed E-state index contributed by atoms with van der Waals surface area (Å²) in [5, 5.41) is 23.0. The fraction of sp³-hybridized carbons (Fsp3) is 0.935. The number of amides is 1. The lowest BCUT2D eigenvalue weighted by Crippen LogP contribution is -2.45. The summed E-state index contributed by atoms with van der Waals surface area (Å²) in [5.41, 5.74) is 0. The highest BCUT2D eigenvalue weighted by atomic mass is 16.5. The lowest BCUT2D eigenvalue weighted by Gasteiger charge is -2.20. The Kier molecular flexibility index (Phi) is 57.0. The highest BCUT2D eigenvalue weighted by Crippen LogP contribution is 2.18. The van der Waals surface area contributed by atoms with Gasteiger partial charge in [0.05, 0.1) is 25.4 Å². The van der Waals surface area contributed by atoms with Crippen LogP contribution in [0.5, 0.6) is 0 Å². The van der Waals surface area contributed by atoms with Crippen molar-refractivity contribution >= 4 is 11.9 Å². The monoisotopic (exact) mass is 960 g/mol. The van der Waals surface area contributed by atoms with E-state index in [9.17, 15) is 19.8 Å². The highest BCUT2D eigenvalue weighted by molar-refractivity contribution is 5.76. The van der Waals surface area contributed by atoms with Gasteiger partial charge in [-0.1, -0.05) is 315 Å². The standard InChI is InChI=1S/C62H121NO5/c1-3-5-7-9-11-13-15-16-17-18-26-29-32-36-40-44-48-52-56-62(67)68-57-53-49-45-41-37-33-30-27-24-22-20-19-21-23-25-28-31-35-39-43-47-51-55-61(66)63-59(58-64)60(65)54-50-46-42-38-34-14-12-10-8-6-4-2/h50,54,59-60,64-65H,3-49,51-53,55-58H2,1-2H3,(H,63,66)/b54-50+. The third kappa shape index (κ3) is 53.9. The Labute approximate surface area is 425 Å². The molecule has 0 saturated carbocycles. The summed E-state index contributed by atoms with van der Waals surface area (Å²) in [5.74, 6) is -0.0503. The minimum absolute atomic E-state index is 0.0176. The molecule has 0 rings (SSSR count). The van der Waals surface area contributed by atoms with Crippen molar-refractivity contribution in [3.05, 3.63) is 12.2 Å². The molecule has 0 heterocycles. The molecule has 0 radical (unpaired) electrons. The van der Waals surface area contributed by atoms with Gasteiger partial charge in [-0.25, -0.2) is 0 Å². The van der Waals surface area contributed by atoms with E-state index in [4.69, 9.17) is 4.74 Å². The van der Waals surface area contributed by atoms with Gasteiger partial charge in [0.15, 0.2) is 0 Å². The molecule has 0 spiro atoms. The van der Waals surface area contributed by atoms with Crippen molar-refractivity contribution in [2.75, 3.05) is 13.2 Å². The van der Waals surface area contributed by atoms with Gasteiger partial charge in [0.1, 0.15) is 0 Å². The largest absolute Gasteiger partial charge is 0.466 e. The predicted octanol–water partition coefficient (Wildman–Crippen LogP) is 19.2. The molecule has 0 saturated heterocycles. The summed E-state index contributed by atoms with van der Waals surface area (Å²) in [7, 11) is 0. The van der Waals surface area contributed by atoms with Gasteiger partial charge in [0.25, 0.3) is 0 Å². The maximum atomic E-state index is 12.4. The van der Waals surface area contributed by atoms with Gasteiger partial charge in [-0.05, 0) is 32.1 Å². The van der Waals surface area contributed by atoms with Gasteiger partial charge < -0.3 is 20.3 Å². The van der Waals surface area contributed by atoms with Crippen LogP contribution in [0, 0.1) is 0 Å². The van der Waals surface area contributed by atoms with Crippen LogP contribution in [0.1, 0.15) is 348 Å². The van der Waals surface area contributed by atoms with E-state index in [2.05, 4.69) is 19.2 Å². The van der Waals surface area contributed by atoms with Crippen LogP contribution in [0.15, 0.2) is 12.2 Å². The van der Waals surface area contributed by atoms with Crippen LogP contribution < -0.4 is 5.32 Å². The van der Waals surface area contributed by atoms with Gasteiger partial charge in [0.2, 0.25) is 5.91 Å². The molecular formula is C62H121NO5. The SMILES string of the molecule is CCCCCCCCCCC/C=C/C(O)C(CO)NC(=O)CCCCCCCCCCCCCCCCCCCCCCCCOC(=O)CCCCCCCCCCCCCCCCCCCC. The van der Waals surface area contributed by atoms with Crippen molar-refractivity contribution in [2.24, 2.45) is 0 Å². The van der Waals surface area contributed by atoms with Crippen LogP contribution in [0.25, 0.3) is 0 Å². The van der Waals surface area contributed by atoms with Crippen LogP contribution in [-0.4, -0.2) is 47.4 Å². The molecule has 0 aromatic rings. The molecule has 0 aromatic carbocycles. The maximum Gasteiger partial charge on any atom is 0.305 e. The first kappa shape index (κ1) is 66.6. The average Bonchev–Trinajstić information content (AvgIpc) is 3.34. The molecule has 2 unspecified atom stereocenters. The molecule has 0 bridgehead atoms. The molecule has 0 aliphatic carbocycles. The number of aliphatic hydroxyl groups is 2. The lowest BCUT2D eigenvalue weighted by atomic mass is 10.0. The molecular weight excluding hydrogens is 839 g/mol. The maximum absolute atomic E-state index is 12.4. The van der Waals surface area contributed by atoms with Crippen LogP contribution in [0.2, 0.25) is 0 Å². The van der Waals surface area contributed by atoms with E-state index in [0.29, 0.717) is 19.4 Å². The zero-order valence-corrected chi connectivity index (χ0v) is 46.1. The number of carbonyl (C=O) groups is 2. The Morgan fingerprint density at radius 1 is 0.397 bits per heavy atom. The molecule has 404 valence electrons. The van der Waals surface area contributed by atoms with Crippen LogP contribution in [0.3, 0.4) is 0 Å². The first-order valence-corrected chi connectivity index (χ1v) is 31.0. The highest BCUT2D eigenvalue weighted by Gasteiger charge is 2.18. The van der Waals surface area contributed by atoms with Gasteiger partial charge >= 0.3 is 5.97 Å². The molecule has 3 N–H and O–H groups in total. The van der Waals surface area contributed by atoms with Crippen molar-refractivity contribution in [1.82, 2.24) is 5.32 Å². The fourth-order valence-corrected chi connectivity index (χ4v) is 9.81. The molecule has 0 fully saturated rings. The van der Waals surface area contributed by atoms with Crippen molar-refractivity contribution in [1.29, 1.82) is 0 Å². The van der Waals surface area contributed by atoms with Crippen molar-refractivity contribution in [3.8, 4) is 0 Å². The number of nitrogens with one attached hydrogen (secondary N) is 1. The second-order valence-electron chi connectivity index (χ2n) is 21.4.